The quantitative estimate of drug-likeness (QED) is 0.849. The maximum atomic E-state index is 12.5. The normalized spacial score (nSPS) is 16.5. The number of carbonyl (C=O) groups is 1. The second kappa shape index (κ2) is 6.96. The lowest BCUT2D eigenvalue weighted by Gasteiger charge is -2.17. The first-order chi connectivity index (χ1) is 11.7. The van der Waals surface area contributed by atoms with Crippen molar-refractivity contribution in [3.8, 4) is 17.8 Å². The van der Waals surface area contributed by atoms with Crippen LogP contribution in [0.3, 0.4) is 0 Å². The fourth-order valence-corrected chi connectivity index (χ4v) is 2.54. The molecule has 1 atom stereocenters. The first-order valence-electron chi connectivity index (χ1n) is 7.51. The molecule has 1 amide bonds. The van der Waals surface area contributed by atoms with Crippen molar-refractivity contribution < 1.29 is 14.3 Å². The minimum atomic E-state index is -0.131. The van der Waals surface area contributed by atoms with Gasteiger partial charge in [0.2, 0.25) is 11.8 Å². The summed E-state index contributed by atoms with van der Waals surface area (Å²) in [5, 5.41) is 8.81. The van der Waals surface area contributed by atoms with Crippen LogP contribution in [0.5, 0.6) is 11.8 Å². The van der Waals surface area contributed by atoms with E-state index in [1.165, 1.54) is 19.5 Å². The number of carbonyl (C=O) groups excluding carboxylic acids is 1. The Bertz CT molecular complexity index is 770. The lowest BCUT2D eigenvalue weighted by molar-refractivity contribution is 0.0771. The van der Waals surface area contributed by atoms with Gasteiger partial charge in [-0.2, -0.15) is 10.2 Å². The third-order valence-electron chi connectivity index (χ3n) is 3.78. The van der Waals surface area contributed by atoms with Crippen LogP contribution in [0, 0.1) is 11.3 Å². The fourth-order valence-electron chi connectivity index (χ4n) is 2.54. The minimum absolute atomic E-state index is 0.0673. The lowest BCUT2D eigenvalue weighted by Crippen LogP contribution is -2.31. The standard InChI is InChI=1S/C17H16N4O3/c1-23-15-9-19-10-16(20-15)24-14-6-7-21(11-14)17(22)13-4-2-12(8-18)3-5-13/h2-5,9-10,14H,6-7,11H2,1H3/t14-/m0/s1. The Labute approximate surface area is 139 Å². The molecule has 2 aromatic rings. The van der Waals surface area contributed by atoms with Crippen LogP contribution in [-0.4, -0.2) is 47.1 Å². The van der Waals surface area contributed by atoms with Gasteiger partial charge in [-0.05, 0) is 24.3 Å². The number of benzene rings is 1. The van der Waals surface area contributed by atoms with Crippen LogP contribution >= 0.6 is 0 Å². The summed E-state index contributed by atoms with van der Waals surface area (Å²) >= 11 is 0. The van der Waals surface area contributed by atoms with Gasteiger partial charge in [-0.1, -0.05) is 0 Å². The molecular weight excluding hydrogens is 308 g/mol. The molecule has 1 aromatic carbocycles. The summed E-state index contributed by atoms with van der Waals surface area (Å²) in [7, 11) is 1.52. The number of ether oxygens (including phenoxy) is 2. The summed E-state index contributed by atoms with van der Waals surface area (Å²) in [5.41, 5.74) is 1.10. The van der Waals surface area contributed by atoms with Gasteiger partial charge >= 0.3 is 0 Å². The third-order valence-corrected chi connectivity index (χ3v) is 3.78. The molecule has 24 heavy (non-hydrogen) atoms. The maximum absolute atomic E-state index is 12.5. The third kappa shape index (κ3) is 3.43. The van der Waals surface area contributed by atoms with E-state index in [9.17, 15) is 4.79 Å². The summed E-state index contributed by atoms with van der Waals surface area (Å²) in [4.78, 5) is 22.4. The molecule has 1 aromatic heterocycles. The van der Waals surface area contributed by atoms with Gasteiger partial charge < -0.3 is 14.4 Å². The number of hydrogen-bond donors (Lipinski definition) is 0. The Hall–Kier alpha value is -3.14. The predicted octanol–water partition coefficient (Wildman–Crippen LogP) is 1.65. The van der Waals surface area contributed by atoms with Crippen molar-refractivity contribution >= 4 is 5.91 Å². The van der Waals surface area contributed by atoms with Crippen molar-refractivity contribution in [1.82, 2.24) is 14.9 Å². The van der Waals surface area contributed by atoms with Crippen molar-refractivity contribution in [2.45, 2.75) is 12.5 Å². The van der Waals surface area contributed by atoms with Crippen LogP contribution in [-0.2, 0) is 0 Å². The van der Waals surface area contributed by atoms with E-state index in [1.54, 1.807) is 29.2 Å². The second-order valence-corrected chi connectivity index (χ2v) is 5.37. The zero-order valence-electron chi connectivity index (χ0n) is 13.2. The number of likely N-dealkylation sites (tertiary alicyclic amines) is 1. The molecule has 0 aliphatic carbocycles. The summed E-state index contributed by atoms with van der Waals surface area (Å²) in [6, 6.07) is 8.66. The van der Waals surface area contributed by atoms with Crippen LogP contribution in [0.1, 0.15) is 22.3 Å². The fraction of sp³-hybridized carbons (Fsp3) is 0.294. The average molecular weight is 324 g/mol. The van der Waals surface area contributed by atoms with Gasteiger partial charge in [-0.25, -0.2) is 0 Å². The van der Waals surface area contributed by atoms with E-state index in [1.807, 2.05) is 6.07 Å². The van der Waals surface area contributed by atoms with Crippen molar-refractivity contribution in [2.24, 2.45) is 0 Å². The van der Waals surface area contributed by atoms with Gasteiger partial charge in [0.05, 0.1) is 37.7 Å². The highest BCUT2D eigenvalue weighted by Gasteiger charge is 2.28. The van der Waals surface area contributed by atoms with E-state index in [-0.39, 0.29) is 12.0 Å². The average Bonchev–Trinajstić information content (AvgIpc) is 3.09. The van der Waals surface area contributed by atoms with Crippen LogP contribution in [0.15, 0.2) is 36.7 Å². The molecule has 0 spiro atoms. The topological polar surface area (TPSA) is 88.3 Å². The second-order valence-electron chi connectivity index (χ2n) is 5.37. The Morgan fingerprint density at radius 2 is 2.04 bits per heavy atom. The van der Waals surface area contributed by atoms with Gasteiger partial charge in [0, 0.05) is 18.5 Å². The molecule has 1 aliphatic heterocycles. The molecule has 0 unspecified atom stereocenters. The first kappa shape index (κ1) is 15.7. The van der Waals surface area contributed by atoms with E-state index in [0.29, 0.717) is 36.0 Å². The molecule has 122 valence electrons. The minimum Gasteiger partial charge on any atom is -0.480 e. The molecule has 7 heteroatoms. The number of rotatable bonds is 4. The van der Waals surface area contributed by atoms with E-state index in [2.05, 4.69) is 9.97 Å². The Morgan fingerprint density at radius 3 is 2.75 bits per heavy atom. The lowest BCUT2D eigenvalue weighted by atomic mass is 10.1. The molecule has 3 rings (SSSR count). The summed E-state index contributed by atoms with van der Waals surface area (Å²) in [6.07, 6.45) is 3.62. The van der Waals surface area contributed by atoms with Gasteiger partial charge in [-0.3, -0.25) is 9.78 Å². The van der Waals surface area contributed by atoms with Crippen LogP contribution in [0.4, 0.5) is 0 Å². The molecule has 1 saturated heterocycles. The van der Waals surface area contributed by atoms with Gasteiger partial charge in [-0.15, -0.1) is 0 Å². The summed E-state index contributed by atoms with van der Waals surface area (Å²) < 4.78 is 10.8. The van der Waals surface area contributed by atoms with E-state index >= 15 is 0 Å². The van der Waals surface area contributed by atoms with Crippen LogP contribution in [0.25, 0.3) is 0 Å². The van der Waals surface area contributed by atoms with Crippen LogP contribution in [0.2, 0.25) is 0 Å². The maximum Gasteiger partial charge on any atom is 0.253 e. The van der Waals surface area contributed by atoms with Crippen molar-refractivity contribution in [1.29, 1.82) is 5.26 Å². The number of methoxy groups -OCH3 is 1. The van der Waals surface area contributed by atoms with Crippen molar-refractivity contribution in [3.05, 3.63) is 47.8 Å². The smallest absolute Gasteiger partial charge is 0.253 e. The van der Waals surface area contributed by atoms with Crippen LogP contribution < -0.4 is 9.47 Å². The van der Waals surface area contributed by atoms with E-state index < -0.39 is 0 Å². The first-order valence-corrected chi connectivity index (χ1v) is 7.51. The SMILES string of the molecule is COc1cncc(O[C@H]2CCN(C(=O)c3ccc(C#N)cc3)C2)n1. The van der Waals surface area contributed by atoms with Crippen molar-refractivity contribution in [2.75, 3.05) is 20.2 Å². The zero-order chi connectivity index (χ0) is 16.9. The van der Waals surface area contributed by atoms with Gasteiger partial charge in [0.15, 0.2) is 0 Å². The molecular formula is C17H16N4O3. The van der Waals surface area contributed by atoms with Gasteiger partial charge in [0.25, 0.3) is 5.91 Å². The molecule has 1 fully saturated rings. The number of amides is 1. The molecule has 0 saturated carbocycles. The monoisotopic (exact) mass is 324 g/mol. The van der Waals surface area contributed by atoms with Gasteiger partial charge in [0.1, 0.15) is 6.10 Å². The molecule has 7 nitrogen and oxygen atoms in total. The molecule has 0 bridgehead atoms. The van der Waals surface area contributed by atoms with E-state index in [0.717, 1.165) is 6.42 Å². The Balaban J connectivity index is 1.62. The molecule has 2 heterocycles. The highest BCUT2D eigenvalue weighted by molar-refractivity contribution is 5.94. The number of hydrogen-bond acceptors (Lipinski definition) is 6. The molecule has 0 radical (unpaired) electrons. The van der Waals surface area contributed by atoms with E-state index in [4.69, 9.17) is 14.7 Å². The number of aromatic nitrogens is 2. The highest BCUT2D eigenvalue weighted by atomic mass is 16.5. The number of nitriles is 1. The zero-order valence-corrected chi connectivity index (χ0v) is 13.2. The predicted molar refractivity (Wildman–Crippen MR) is 84.7 cm³/mol. The molecule has 0 N–H and O–H groups in total. The number of nitrogens with zero attached hydrogens (tertiary/aromatic N) is 4. The molecule has 1 aliphatic rings. The Morgan fingerprint density at radius 1 is 1.29 bits per heavy atom. The largest absolute Gasteiger partial charge is 0.480 e. The highest BCUT2D eigenvalue weighted by Crippen LogP contribution is 2.19. The summed E-state index contributed by atoms with van der Waals surface area (Å²) in [6.45, 7) is 1.10. The Kier molecular flexibility index (Phi) is 4.57. The summed E-state index contributed by atoms with van der Waals surface area (Å²) in [5.74, 6) is 0.699. The van der Waals surface area contributed by atoms with Crippen molar-refractivity contribution in [3.63, 3.8) is 0 Å².